The largest absolute Gasteiger partial charge is 0.481 e. The molecule has 0 spiro atoms. The zero-order chi connectivity index (χ0) is 16.2. The molecule has 0 aliphatic heterocycles. The minimum Gasteiger partial charge on any atom is -0.481 e. The second-order valence-electron chi connectivity index (χ2n) is 7.65. The third-order valence-electron chi connectivity index (χ3n) is 5.29. The third-order valence-corrected chi connectivity index (χ3v) is 5.29. The minimum atomic E-state index is -0.651. The zero-order valence-electron chi connectivity index (χ0n) is 15.0. The van der Waals surface area contributed by atoms with Gasteiger partial charge in [0.05, 0.1) is 0 Å². The molecule has 130 valence electrons. The fraction of sp³-hybridized carbons (Fsp3) is 0.950. The molecule has 0 radical (unpaired) electrons. The standard InChI is InChI=1S/C20H38O2/c1-3-4-9-13-18-16-19(18)15-17(2)12-10-7-5-6-8-11-14-20(21)22/h17-19H,3-16H2,1-2H3,(H,21,22). The van der Waals surface area contributed by atoms with Crippen LogP contribution in [-0.2, 0) is 4.79 Å². The van der Waals surface area contributed by atoms with Crippen LogP contribution in [-0.4, -0.2) is 11.1 Å². The summed E-state index contributed by atoms with van der Waals surface area (Å²) in [4.78, 5) is 10.4. The Balaban J connectivity index is 1.84. The van der Waals surface area contributed by atoms with E-state index in [9.17, 15) is 4.79 Å². The highest BCUT2D eigenvalue weighted by Crippen LogP contribution is 2.46. The van der Waals surface area contributed by atoms with Crippen molar-refractivity contribution < 1.29 is 9.90 Å². The maximum absolute atomic E-state index is 10.4. The van der Waals surface area contributed by atoms with E-state index < -0.39 is 5.97 Å². The molecule has 0 bridgehead atoms. The summed E-state index contributed by atoms with van der Waals surface area (Å²) in [7, 11) is 0. The molecule has 0 aromatic carbocycles. The molecule has 1 aliphatic carbocycles. The van der Waals surface area contributed by atoms with Crippen LogP contribution in [0.2, 0.25) is 0 Å². The Bertz CT molecular complexity index is 287. The van der Waals surface area contributed by atoms with E-state index in [4.69, 9.17) is 5.11 Å². The van der Waals surface area contributed by atoms with E-state index in [0.717, 1.165) is 30.6 Å². The highest BCUT2D eigenvalue weighted by molar-refractivity contribution is 5.66. The van der Waals surface area contributed by atoms with Gasteiger partial charge in [0.2, 0.25) is 0 Å². The van der Waals surface area contributed by atoms with E-state index in [1.54, 1.807) is 0 Å². The van der Waals surface area contributed by atoms with Crippen molar-refractivity contribution in [2.75, 3.05) is 0 Å². The van der Waals surface area contributed by atoms with Crippen LogP contribution < -0.4 is 0 Å². The lowest BCUT2D eigenvalue weighted by Gasteiger charge is -2.11. The number of hydrogen-bond donors (Lipinski definition) is 1. The van der Waals surface area contributed by atoms with Gasteiger partial charge in [0.1, 0.15) is 0 Å². The molecule has 1 aliphatic rings. The Kier molecular flexibility index (Phi) is 10.6. The number of carbonyl (C=O) groups is 1. The first-order valence-electron chi connectivity index (χ1n) is 9.85. The Morgan fingerprint density at radius 1 is 1.00 bits per heavy atom. The molecule has 0 saturated heterocycles. The van der Waals surface area contributed by atoms with Gasteiger partial charge in [0.15, 0.2) is 0 Å². The van der Waals surface area contributed by atoms with Crippen LogP contribution in [0.1, 0.15) is 104 Å². The molecule has 3 unspecified atom stereocenters. The fourth-order valence-corrected chi connectivity index (χ4v) is 3.72. The summed E-state index contributed by atoms with van der Waals surface area (Å²) in [6, 6.07) is 0. The Hall–Kier alpha value is -0.530. The van der Waals surface area contributed by atoms with E-state index in [-0.39, 0.29) is 0 Å². The van der Waals surface area contributed by atoms with Gasteiger partial charge in [0.25, 0.3) is 0 Å². The quantitative estimate of drug-likeness (QED) is 0.354. The Morgan fingerprint density at radius 3 is 2.36 bits per heavy atom. The van der Waals surface area contributed by atoms with E-state index in [0.29, 0.717) is 6.42 Å². The summed E-state index contributed by atoms with van der Waals surface area (Å²) in [6.07, 6.45) is 17.6. The van der Waals surface area contributed by atoms with Gasteiger partial charge >= 0.3 is 5.97 Å². The van der Waals surface area contributed by atoms with Gasteiger partial charge in [-0.25, -0.2) is 0 Å². The second kappa shape index (κ2) is 12.0. The van der Waals surface area contributed by atoms with Crippen LogP contribution in [0.15, 0.2) is 0 Å². The van der Waals surface area contributed by atoms with Crippen LogP contribution in [0.3, 0.4) is 0 Å². The zero-order valence-corrected chi connectivity index (χ0v) is 15.0. The predicted molar refractivity (Wildman–Crippen MR) is 94.1 cm³/mol. The maximum atomic E-state index is 10.4. The topological polar surface area (TPSA) is 37.3 Å². The van der Waals surface area contributed by atoms with Gasteiger partial charge in [-0.3, -0.25) is 4.79 Å². The predicted octanol–water partition coefficient (Wildman–Crippen LogP) is 6.43. The van der Waals surface area contributed by atoms with Crippen LogP contribution >= 0.6 is 0 Å². The first-order chi connectivity index (χ1) is 10.6. The summed E-state index contributed by atoms with van der Waals surface area (Å²) >= 11 is 0. The molecule has 1 fully saturated rings. The molecule has 2 nitrogen and oxygen atoms in total. The van der Waals surface area contributed by atoms with E-state index >= 15 is 0 Å². The third kappa shape index (κ3) is 10.2. The lowest BCUT2D eigenvalue weighted by molar-refractivity contribution is -0.137. The number of carboxylic acid groups (broad SMARTS) is 1. The first kappa shape index (κ1) is 19.5. The molecule has 0 aromatic rings. The molecule has 1 saturated carbocycles. The number of rotatable bonds is 15. The minimum absolute atomic E-state index is 0.345. The lowest BCUT2D eigenvalue weighted by atomic mass is 9.95. The highest BCUT2D eigenvalue weighted by atomic mass is 16.4. The van der Waals surface area contributed by atoms with Crippen molar-refractivity contribution in [3.05, 3.63) is 0 Å². The van der Waals surface area contributed by atoms with Crippen molar-refractivity contribution in [1.82, 2.24) is 0 Å². The second-order valence-corrected chi connectivity index (χ2v) is 7.65. The average molecular weight is 311 g/mol. The molecule has 0 amide bonds. The first-order valence-corrected chi connectivity index (χ1v) is 9.85. The number of hydrogen-bond acceptors (Lipinski definition) is 1. The van der Waals surface area contributed by atoms with Gasteiger partial charge in [-0.1, -0.05) is 78.1 Å². The van der Waals surface area contributed by atoms with Crippen molar-refractivity contribution in [2.45, 2.75) is 104 Å². The number of unbranched alkanes of at least 4 members (excludes halogenated alkanes) is 7. The molecule has 22 heavy (non-hydrogen) atoms. The number of aliphatic carboxylic acids is 1. The van der Waals surface area contributed by atoms with Gasteiger partial charge in [-0.05, 0) is 37.0 Å². The molecule has 1 rings (SSSR count). The van der Waals surface area contributed by atoms with E-state index in [1.807, 2.05) is 0 Å². The molecule has 2 heteroatoms. The highest BCUT2D eigenvalue weighted by Gasteiger charge is 2.36. The van der Waals surface area contributed by atoms with Crippen molar-refractivity contribution in [3.63, 3.8) is 0 Å². The summed E-state index contributed by atoms with van der Waals surface area (Å²) in [5.41, 5.74) is 0. The average Bonchev–Trinajstić information content (AvgIpc) is 3.19. The summed E-state index contributed by atoms with van der Waals surface area (Å²) in [6.45, 7) is 4.73. The summed E-state index contributed by atoms with van der Waals surface area (Å²) in [5.74, 6) is 2.39. The SMILES string of the molecule is CCCCCC1CC1CC(C)CCCCCCCCC(=O)O. The van der Waals surface area contributed by atoms with E-state index in [1.165, 1.54) is 70.6 Å². The van der Waals surface area contributed by atoms with Gasteiger partial charge < -0.3 is 5.11 Å². The Labute approximate surface area is 138 Å². The Morgan fingerprint density at radius 2 is 1.68 bits per heavy atom. The van der Waals surface area contributed by atoms with Crippen LogP contribution in [0.4, 0.5) is 0 Å². The molecule has 1 N–H and O–H groups in total. The van der Waals surface area contributed by atoms with Crippen LogP contribution in [0, 0.1) is 17.8 Å². The molecule has 0 aromatic heterocycles. The summed E-state index contributed by atoms with van der Waals surface area (Å²) in [5, 5.41) is 8.57. The van der Waals surface area contributed by atoms with Crippen molar-refractivity contribution in [2.24, 2.45) is 17.8 Å². The summed E-state index contributed by atoms with van der Waals surface area (Å²) < 4.78 is 0. The van der Waals surface area contributed by atoms with Gasteiger partial charge in [0, 0.05) is 6.42 Å². The van der Waals surface area contributed by atoms with Crippen LogP contribution in [0.5, 0.6) is 0 Å². The monoisotopic (exact) mass is 310 g/mol. The van der Waals surface area contributed by atoms with Gasteiger partial charge in [-0.15, -0.1) is 0 Å². The van der Waals surface area contributed by atoms with Crippen molar-refractivity contribution in [3.8, 4) is 0 Å². The smallest absolute Gasteiger partial charge is 0.303 e. The fourth-order valence-electron chi connectivity index (χ4n) is 3.72. The van der Waals surface area contributed by atoms with E-state index in [2.05, 4.69) is 13.8 Å². The molecule has 3 atom stereocenters. The normalized spacial score (nSPS) is 21.7. The molecular weight excluding hydrogens is 272 g/mol. The molecular formula is C20H38O2. The van der Waals surface area contributed by atoms with Crippen molar-refractivity contribution >= 4 is 5.97 Å². The van der Waals surface area contributed by atoms with Crippen LogP contribution in [0.25, 0.3) is 0 Å². The maximum Gasteiger partial charge on any atom is 0.303 e. The number of carboxylic acids is 1. The lowest BCUT2D eigenvalue weighted by Crippen LogP contribution is -1.98. The molecule has 0 heterocycles. The van der Waals surface area contributed by atoms with Crippen molar-refractivity contribution in [1.29, 1.82) is 0 Å². The van der Waals surface area contributed by atoms with Gasteiger partial charge in [-0.2, -0.15) is 0 Å².